The topological polar surface area (TPSA) is 20.3 Å². The van der Waals surface area contributed by atoms with E-state index in [9.17, 15) is 4.79 Å². The molecule has 1 aliphatic heterocycles. The van der Waals surface area contributed by atoms with Crippen LogP contribution in [0.5, 0.6) is 0 Å². The molecule has 3 rings (SSSR count). The van der Waals surface area contributed by atoms with E-state index in [1.807, 2.05) is 0 Å². The van der Waals surface area contributed by atoms with Crippen molar-refractivity contribution in [1.82, 2.24) is 4.90 Å². The van der Waals surface area contributed by atoms with Gasteiger partial charge in [-0.05, 0) is 22.8 Å². The van der Waals surface area contributed by atoms with E-state index in [-0.39, 0.29) is 11.3 Å². The molecule has 1 unspecified atom stereocenters. The first-order chi connectivity index (χ1) is 9.81. The third kappa shape index (κ3) is 2.42. The third-order valence-electron chi connectivity index (χ3n) is 3.81. The molecule has 20 heavy (non-hydrogen) atoms. The van der Waals surface area contributed by atoms with Crippen LogP contribution in [0.4, 0.5) is 0 Å². The SMILES string of the molecule is CCCCN1C(=O)CSC1c1cccc2ccccc12. The molecule has 1 atom stereocenters. The Hall–Kier alpha value is -1.48. The van der Waals surface area contributed by atoms with Crippen LogP contribution in [0.1, 0.15) is 30.7 Å². The van der Waals surface area contributed by atoms with Crippen molar-refractivity contribution in [1.29, 1.82) is 0 Å². The summed E-state index contributed by atoms with van der Waals surface area (Å²) in [5.41, 5.74) is 1.27. The number of amides is 1. The van der Waals surface area contributed by atoms with Crippen molar-refractivity contribution in [3.05, 3.63) is 48.0 Å². The second-order valence-electron chi connectivity index (χ2n) is 5.17. The second kappa shape index (κ2) is 5.88. The number of thioether (sulfide) groups is 1. The Balaban J connectivity index is 1.99. The van der Waals surface area contributed by atoms with Crippen LogP contribution < -0.4 is 0 Å². The average molecular weight is 285 g/mol. The molecular weight excluding hydrogens is 266 g/mol. The summed E-state index contributed by atoms with van der Waals surface area (Å²) in [7, 11) is 0. The Labute approximate surface area is 124 Å². The smallest absolute Gasteiger partial charge is 0.233 e. The van der Waals surface area contributed by atoms with E-state index in [1.54, 1.807) is 11.8 Å². The number of fused-ring (bicyclic) bond motifs is 1. The van der Waals surface area contributed by atoms with E-state index in [4.69, 9.17) is 0 Å². The monoisotopic (exact) mass is 285 g/mol. The summed E-state index contributed by atoms with van der Waals surface area (Å²) < 4.78 is 0. The van der Waals surface area contributed by atoms with Crippen molar-refractivity contribution in [3.63, 3.8) is 0 Å². The van der Waals surface area contributed by atoms with Crippen LogP contribution in [0.15, 0.2) is 42.5 Å². The predicted molar refractivity (Wildman–Crippen MR) is 85.8 cm³/mol. The number of hydrogen-bond donors (Lipinski definition) is 0. The minimum absolute atomic E-state index is 0.181. The van der Waals surface area contributed by atoms with Crippen LogP contribution in [0, 0.1) is 0 Å². The molecule has 0 aliphatic carbocycles. The predicted octanol–water partition coefficient (Wildman–Crippen LogP) is 4.21. The van der Waals surface area contributed by atoms with Gasteiger partial charge in [0.2, 0.25) is 5.91 Å². The first-order valence-corrected chi connectivity index (χ1v) is 8.25. The fourth-order valence-corrected chi connectivity index (χ4v) is 4.00. The molecule has 2 aromatic carbocycles. The van der Waals surface area contributed by atoms with Crippen LogP contribution in [0.25, 0.3) is 10.8 Å². The lowest BCUT2D eigenvalue weighted by atomic mass is 10.0. The zero-order chi connectivity index (χ0) is 13.9. The van der Waals surface area contributed by atoms with Gasteiger partial charge in [-0.25, -0.2) is 0 Å². The first kappa shape index (κ1) is 13.5. The summed E-state index contributed by atoms with van der Waals surface area (Å²) in [5.74, 6) is 0.888. The van der Waals surface area contributed by atoms with Gasteiger partial charge in [0, 0.05) is 6.54 Å². The maximum Gasteiger partial charge on any atom is 0.233 e. The van der Waals surface area contributed by atoms with Gasteiger partial charge in [-0.3, -0.25) is 4.79 Å². The van der Waals surface area contributed by atoms with Crippen molar-refractivity contribution in [3.8, 4) is 0 Å². The second-order valence-corrected chi connectivity index (χ2v) is 6.24. The minimum atomic E-state index is 0.181. The molecule has 0 saturated carbocycles. The van der Waals surface area contributed by atoms with Crippen molar-refractivity contribution in [2.45, 2.75) is 25.1 Å². The summed E-state index contributed by atoms with van der Waals surface area (Å²) >= 11 is 1.75. The summed E-state index contributed by atoms with van der Waals surface area (Å²) in [5, 5.41) is 2.70. The van der Waals surface area contributed by atoms with Gasteiger partial charge in [0.25, 0.3) is 0 Å². The molecule has 1 aliphatic rings. The molecule has 1 amide bonds. The van der Waals surface area contributed by atoms with E-state index in [2.05, 4.69) is 54.3 Å². The van der Waals surface area contributed by atoms with Gasteiger partial charge < -0.3 is 4.90 Å². The number of carbonyl (C=O) groups excluding carboxylic acids is 1. The Morgan fingerprint density at radius 2 is 2.00 bits per heavy atom. The number of benzene rings is 2. The van der Waals surface area contributed by atoms with Crippen molar-refractivity contribution in [2.24, 2.45) is 0 Å². The Bertz CT molecular complexity index is 620. The van der Waals surface area contributed by atoms with Gasteiger partial charge in [-0.1, -0.05) is 55.8 Å². The summed E-state index contributed by atoms with van der Waals surface area (Å²) in [6.07, 6.45) is 2.20. The molecule has 1 fully saturated rings. The largest absolute Gasteiger partial charge is 0.326 e. The molecule has 1 saturated heterocycles. The molecule has 0 spiro atoms. The number of rotatable bonds is 4. The third-order valence-corrected chi connectivity index (χ3v) is 5.05. The normalized spacial score (nSPS) is 18.9. The van der Waals surface area contributed by atoms with Crippen molar-refractivity contribution in [2.75, 3.05) is 12.3 Å². The standard InChI is InChI=1S/C17H19NOS/c1-2-3-11-18-16(19)12-20-17(18)15-10-6-8-13-7-4-5-9-14(13)15/h4-10,17H,2-3,11-12H2,1H3. The molecule has 1 heterocycles. The Morgan fingerprint density at radius 3 is 2.85 bits per heavy atom. The van der Waals surface area contributed by atoms with Gasteiger partial charge in [0.1, 0.15) is 5.37 Å². The zero-order valence-electron chi connectivity index (χ0n) is 11.7. The Kier molecular flexibility index (Phi) is 3.97. The highest BCUT2D eigenvalue weighted by atomic mass is 32.2. The van der Waals surface area contributed by atoms with Crippen molar-refractivity contribution < 1.29 is 4.79 Å². The number of nitrogens with zero attached hydrogens (tertiary/aromatic N) is 1. The summed E-state index contributed by atoms with van der Waals surface area (Å²) in [6.45, 7) is 3.04. The van der Waals surface area contributed by atoms with E-state index in [1.165, 1.54) is 16.3 Å². The van der Waals surface area contributed by atoms with E-state index in [0.717, 1.165) is 19.4 Å². The van der Waals surface area contributed by atoms with E-state index < -0.39 is 0 Å². The highest BCUT2D eigenvalue weighted by Gasteiger charge is 2.32. The van der Waals surface area contributed by atoms with Crippen LogP contribution in [-0.4, -0.2) is 23.1 Å². The molecule has 3 heteroatoms. The molecule has 0 N–H and O–H groups in total. The highest BCUT2D eigenvalue weighted by molar-refractivity contribution is 8.00. The van der Waals surface area contributed by atoms with E-state index >= 15 is 0 Å². The van der Waals surface area contributed by atoms with Gasteiger partial charge in [0.05, 0.1) is 5.75 Å². The van der Waals surface area contributed by atoms with E-state index in [0.29, 0.717) is 5.75 Å². The van der Waals surface area contributed by atoms with Gasteiger partial charge in [-0.15, -0.1) is 11.8 Å². The number of unbranched alkanes of at least 4 members (excludes halogenated alkanes) is 1. The van der Waals surface area contributed by atoms with Gasteiger partial charge in [0.15, 0.2) is 0 Å². The fraction of sp³-hybridized carbons (Fsp3) is 0.353. The number of hydrogen-bond acceptors (Lipinski definition) is 2. The maximum atomic E-state index is 12.1. The quantitative estimate of drug-likeness (QED) is 0.838. The lowest BCUT2D eigenvalue weighted by Crippen LogP contribution is -2.29. The summed E-state index contributed by atoms with van der Waals surface area (Å²) in [6, 6.07) is 14.8. The minimum Gasteiger partial charge on any atom is -0.326 e. The molecule has 2 aromatic rings. The molecule has 0 bridgehead atoms. The first-order valence-electron chi connectivity index (χ1n) is 7.20. The van der Waals surface area contributed by atoms with Crippen LogP contribution in [0.2, 0.25) is 0 Å². The van der Waals surface area contributed by atoms with Crippen LogP contribution in [0.3, 0.4) is 0 Å². The molecular formula is C17H19NOS. The highest BCUT2D eigenvalue weighted by Crippen LogP contribution is 2.41. The average Bonchev–Trinajstić information content (AvgIpc) is 2.85. The van der Waals surface area contributed by atoms with Crippen molar-refractivity contribution >= 4 is 28.4 Å². The summed E-state index contributed by atoms with van der Waals surface area (Å²) in [4.78, 5) is 14.2. The van der Waals surface area contributed by atoms with Gasteiger partial charge in [-0.2, -0.15) is 0 Å². The zero-order valence-corrected chi connectivity index (χ0v) is 12.5. The molecule has 0 radical (unpaired) electrons. The van der Waals surface area contributed by atoms with Crippen LogP contribution in [-0.2, 0) is 4.79 Å². The maximum absolute atomic E-state index is 12.1. The molecule has 104 valence electrons. The Morgan fingerprint density at radius 1 is 1.20 bits per heavy atom. The molecule has 2 nitrogen and oxygen atoms in total. The van der Waals surface area contributed by atoms with Gasteiger partial charge >= 0.3 is 0 Å². The lowest BCUT2D eigenvalue weighted by molar-refractivity contribution is -0.128. The van der Waals surface area contributed by atoms with Crippen LogP contribution >= 0.6 is 11.8 Å². The number of carbonyl (C=O) groups is 1. The molecule has 0 aromatic heterocycles. The lowest BCUT2D eigenvalue weighted by Gasteiger charge is -2.25. The fourth-order valence-electron chi connectivity index (χ4n) is 2.75.